The number of amides is 1. The number of phenols is 1. The van der Waals surface area contributed by atoms with E-state index >= 15 is 0 Å². The van der Waals surface area contributed by atoms with Crippen molar-refractivity contribution in [2.45, 2.75) is 19.4 Å². The van der Waals surface area contributed by atoms with Crippen molar-refractivity contribution >= 4 is 27.3 Å². The predicted molar refractivity (Wildman–Crippen MR) is 124 cm³/mol. The molecule has 1 heterocycles. The highest BCUT2D eigenvalue weighted by molar-refractivity contribution is 7.92. The molecule has 1 aliphatic rings. The van der Waals surface area contributed by atoms with Gasteiger partial charge in [0.05, 0.1) is 23.7 Å². The summed E-state index contributed by atoms with van der Waals surface area (Å²) in [5, 5.41) is 16.4. The maximum Gasteiger partial charge on any atom is 0.274 e. The fourth-order valence-electron chi connectivity index (χ4n) is 3.72. The maximum absolute atomic E-state index is 13.4. The van der Waals surface area contributed by atoms with Gasteiger partial charge in [-0.3, -0.25) is 9.52 Å². The van der Waals surface area contributed by atoms with E-state index < -0.39 is 16.1 Å². The van der Waals surface area contributed by atoms with Gasteiger partial charge in [0.15, 0.2) is 0 Å². The van der Waals surface area contributed by atoms with E-state index in [0.29, 0.717) is 34.5 Å². The summed E-state index contributed by atoms with van der Waals surface area (Å²) in [5.74, 6) is -0.236. The quantitative estimate of drug-likeness (QED) is 0.613. The molecular formula is C24H23N3O4S. The minimum absolute atomic E-state index is 0.0678. The molecular weight excluding hydrogens is 426 g/mol. The Bertz CT molecular complexity index is 1300. The SMILES string of the molecule is Cc1ccc(C(=O)N2N=C(c3ccccc3NS(C)(=O)=O)C[C@H]2c2ccccc2O)cc1. The first-order valence-corrected chi connectivity index (χ1v) is 11.9. The molecule has 1 amide bonds. The van der Waals surface area contributed by atoms with Crippen LogP contribution in [0.15, 0.2) is 77.9 Å². The molecule has 0 fully saturated rings. The Morgan fingerprint density at radius 3 is 2.38 bits per heavy atom. The molecule has 7 nitrogen and oxygen atoms in total. The number of phenolic OH excluding ortho intramolecular Hbond substituents is 1. The Morgan fingerprint density at radius 2 is 1.69 bits per heavy atom. The number of sulfonamides is 1. The number of hydrogen-bond donors (Lipinski definition) is 2. The van der Waals surface area contributed by atoms with Crippen LogP contribution in [-0.4, -0.2) is 36.4 Å². The summed E-state index contributed by atoms with van der Waals surface area (Å²) < 4.78 is 26.2. The van der Waals surface area contributed by atoms with Gasteiger partial charge in [-0.05, 0) is 31.2 Å². The largest absolute Gasteiger partial charge is 0.508 e. The molecule has 0 spiro atoms. The summed E-state index contributed by atoms with van der Waals surface area (Å²) in [4.78, 5) is 13.4. The van der Waals surface area contributed by atoms with Crippen LogP contribution in [0.5, 0.6) is 5.75 Å². The van der Waals surface area contributed by atoms with E-state index in [2.05, 4.69) is 9.82 Å². The molecule has 0 aliphatic carbocycles. The molecule has 0 unspecified atom stereocenters. The third kappa shape index (κ3) is 4.50. The first kappa shape index (κ1) is 21.6. The molecule has 8 heteroatoms. The number of anilines is 1. The van der Waals surface area contributed by atoms with Crippen LogP contribution in [0, 0.1) is 6.92 Å². The van der Waals surface area contributed by atoms with Crippen molar-refractivity contribution in [1.82, 2.24) is 5.01 Å². The van der Waals surface area contributed by atoms with E-state index in [-0.39, 0.29) is 11.7 Å². The molecule has 0 aromatic heterocycles. The summed E-state index contributed by atoms with van der Waals surface area (Å²) >= 11 is 0. The van der Waals surface area contributed by atoms with Crippen LogP contribution in [-0.2, 0) is 10.0 Å². The van der Waals surface area contributed by atoms with Crippen LogP contribution in [0.25, 0.3) is 0 Å². The van der Waals surface area contributed by atoms with E-state index in [9.17, 15) is 18.3 Å². The highest BCUT2D eigenvalue weighted by Crippen LogP contribution is 2.38. The number of rotatable bonds is 5. The maximum atomic E-state index is 13.4. The Labute approximate surface area is 187 Å². The lowest BCUT2D eigenvalue weighted by molar-refractivity contribution is 0.0709. The normalized spacial score (nSPS) is 16.0. The van der Waals surface area contributed by atoms with E-state index in [1.807, 2.05) is 19.1 Å². The molecule has 1 aliphatic heterocycles. The van der Waals surface area contributed by atoms with Crippen molar-refractivity contribution < 1.29 is 18.3 Å². The Hall–Kier alpha value is -3.65. The number of aryl methyl sites for hydroxylation is 1. The number of carbonyl (C=O) groups is 1. The summed E-state index contributed by atoms with van der Waals surface area (Å²) in [6.45, 7) is 1.94. The lowest BCUT2D eigenvalue weighted by Gasteiger charge is -2.22. The molecule has 0 saturated heterocycles. The second-order valence-corrected chi connectivity index (χ2v) is 9.51. The smallest absolute Gasteiger partial charge is 0.274 e. The number of carbonyl (C=O) groups excluding carboxylic acids is 1. The molecule has 3 aromatic rings. The second-order valence-electron chi connectivity index (χ2n) is 7.76. The third-order valence-corrected chi connectivity index (χ3v) is 5.84. The lowest BCUT2D eigenvalue weighted by Crippen LogP contribution is -2.27. The van der Waals surface area contributed by atoms with Gasteiger partial charge < -0.3 is 5.11 Å². The van der Waals surface area contributed by atoms with Crippen molar-refractivity contribution in [2.24, 2.45) is 5.10 Å². The van der Waals surface area contributed by atoms with Gasteiger partial charge in [0.25, 0.3) is 5.91 Å². The molecule has 0 saturated carbocycles. The number of nitrogens with one attached hydrogen (secondary N) is 1. The van der Waals surface area contributed by atoms with Gasteiger partial charge in [-0.2, -0.15) is 5.10 Å². The van der Waals surface area contributed by atoms with Crippen LogP contribution in [0.3, 0.4) is 0 Å². The van der Waals surface area contributed by atoms with Crippen LogP contribution in [0.2, 0.25) is 0 Å². The number of aromatic hydroxyl groups is 1. The standard InChI is InChI=1S/C24H23N3O4S/c1-16-11-13-17(14-12-16)24(29)27-22(19-8-4-6-10-23(19)28)15-21(25-27)18-7-3-5-9-20(18)26-32(2,30)31/h3-14,22,26,28H,15H2,1-2H3/t22-/m0/s1. The van der Waals surface area contributed by atoms with Gasteiger partial charge >= 0.3 is 0 Å². The van der Waals surface area contributed by atoms with E-state index in [1.54, 1.807) is 60.7 Å². The minimum Gasteiger partial charge on any atom is -0.508 e. The number of para-hydroxylation sites is 2. The summed E-state index contributed by atoms with van der Waals surface area (Å²) in [6, 6.07) is 20.4. The molecule has 164 valence electrons. The summed E-state index contributed by atoms with van der Waals surface area (Å²) in [5.41, 5.74) is 3.59. The molecule has 0 radical (unpaired) electrons. The first-order chi connectivity index (χ1) is 15.2. The van der Waals surface area contributed by atoms with Crippen molar-refractivity contribution in [3.8, 4) is 5.75 Å². The van der Waals surface area contributed by atoms with Crippen molar-refractivity contribution in [2.75, 3.05) is 11.0 Å². The predicted octanol–water partition coefficient (Wildman–Crippen LogP) is 4.06. The lowest BCUT2D eigenvalue weighted by atomic mass is 9.96. The van der Waals surface area contributed by atoms with Crippen LogP contribution < -0.4 is 4.72 Å². The number of nitrogens with zero attached hydrogens (tertiary/aromatic N) is 2. The summed E-state index contributed by atoms with van der Waals surface area (Å²) in [6.07, 6.45) is 1.40. The zero-order valence-corrected chi connectivity index (χ0v) is 18.5. The zero-order chi connectivity index (χ0) is 22.9. The highest BCUT2D eigenvalue weighted by Gasteiger charge is 2.35. The van der Waals surface area contributed by atoms with Crippen LogP contribution in [0.1, 0.15) is 39.5 Å². The topological polar surface area (TPSA) is 99.1 Å². The van der Waals surface area contributed by atoms with Crippen molar-refractivity contribution in [3.63, 3.8) is 0 Å². The van der Waals surface area contributed by atoms with Gasteiger partial charge in [-0.1, -0.05) is 54.1 Å². The fraction of sp³-hybridized carbons (Fsp3) is 0.167. The van der Waals surface area contributed by atoms with Gasteiger partial charge in [-0.25, -0.2) is 13.4 Å². The van der Waals surface area contributed by atoms with Crippen molar-refractivity contribution in [3.05, 3.63) is 95.1 Å². The van der Waals surface area contributed by atoms with Gasteiger partial charge in [0, 0.05) is 23.1 Å². The molecule has 3 aromatic carbocycles. The fourth-order valence-corrected chi connectivity index (χ4v) is 4.30. The summed E-state index contributed by atoms with van der Waals surface area (Å²) in [7, 11) is -3.50. The first-order valence-electron chi connectivity index (χ1n) is 10.1. The zero-order valence-electron chi connectivity index (χ0n) is 17.7. The number of benzene rings is 3. The minimum atomic E-state index is -3.50. The van der Waals surface area contributed by atoms with Gasteiger partial charge in [-0.15, -0.1) is 0 Å². The van der Waals surface area contributed by atoms with Gasteiger partial charge in [0.1, 0.15) is 5.75 Å². The van der Waals surface area contributed by atoms with E-state index in [1.165, 1.54) is 5.01 Å². The van der Waals surface area contributed by atoms with Gasteiger partial charge in [0.2, 0.25) is 10.0 Å². The van der Waals surface area contributed by atoms with E-state index in [0.717, 1.165) is 11.8 Å². The average molecular weight is 450 g/mol. The Kier molecular flexibility index (Phi) is 5.71. The molecule has 32 heavy (non-hydrogen) atoms. The molecule has 0 bridgehead atoms. The van der Waals surface area contributed by atoms with Crippen LogP contribution in [0.4, 0.5) is 5.69 Å². The highest BCUT2D eigenvalue weighted by atomic mass is 32.2. The van der Waals surface area contributed by atoms with Crippen LogP contribution >= 0.6 is 0 Å². The average Bonchev–Trinajstić information content (AvgIpc) is 3.18. The van der Waals surface area contributed by atoms with Crippen molar-refractivity contribution in [1.29, 1.82) is 0 Å². The monoisotopic (exact) mass is 449 g/mol. The molecule has 4 rings (SSSR count). The number of hydrogen-bond acceptors (Lipinski definition) is 5. The Balaban J connectivity index is 1.79. The van der Waals surface area contributed by atoms with E-state index in [4.69, 9.17) is 0 Å². The molecule has 1 atom stereocenters. The molecule has 2 N–H and O–H groups in total. The second kappa shape index (κ2) is 8.47. The Morgan fingerprint density at radius 1 is 1.03 bits per heavy atom. The third-order valence-electron chi connectivity index (χ3n) is 5.25. The number of hydrazone groups is 1.